The van der Waals surface area contributed by atoms with Crippen LogP contribution in [-0.2, 0) is 10.0 Å². The summed E-state index contributed by atoms with van der Waals surface area (Å²) in [6.45, 7) is 5.38. The molecule has 0 unspecified atom stereocenters. The summed E-state index contributed by atoms with van der Waals surface area (Å²) in [6.07, 6.45) is 2.19. The van der Waals surface area contributed by atoms with Gasteiger partial charge in [-0.25, -0.2) is 8.42 Å². The van der Waals surface area contributed by atoms with Crippen molar-refractivity contribution in [3.05, 3.63) is 42.0 Å². The quantitative estimate of drug-likeness (QED) is 0.566. The van der Waals surface area contributed by atoms with Crippen LogP contribution in [0.4, 0.5) is 11.4 Å². The number of phenols is 1. The highest BCUT2D eigenvalue weighted by molar-refractivity contribution is 7.93. The predicted octanol–water partition coefficient (Wildman–Crippen LogP) is 3.76. The van der Waals surface area contributed by atoms with E-state index in [0.717, 1.165) is 12.8 Å². The number of benzene rings is 2. The summed E-state index contributed by atoms with van der Waals surface area (Å²) in [6, 6.07) is 9.25. The van der Waals surface area contributed by atoms with E-state index in [1.165, 1.54) is 22.5 Å². The van der Waals surface area contributed by atoms with Gasteiger partial charge in [0.25, 0.3) is 5.91 Å². The lowest BCUT2D eigenvalue weighted by atomic mass is 10.1. The van der Waals surface area contributed by atoms with Crippen molar-refractivity contribution in [3.63, 3.8) is 0 Å². The minimum absolute atomic E-state index is 0.0859. The van der Waals surface area contributed by atoms with Gasteiger partial charge in [0.2, 0.25) is 10.0 Å². The SMILES string of the molecule is CCCOc1ccc(C(=O)Nc2cc(N3CCCS3(=O)=O)ccc2O)cc1OCCC. The zero-order valence-electron chi connectivity index (χ0n) is 17.8. The summed E-state index contributed by atoms with van der Waals surface area (Å²) >= 11 is 0. The fourth-order valence-electron chi connectivity index (χ4n) is 3.21. The molecular weight excluding hydrogens is 420 g/mol. The highest BCUT2D eigenvalue weighted by atomic mass is 32.2. The number of sulfonamides is 1. The van der Waals surface area contributed by atoms with Crippen molar-refractivity contribution in [2.75, 3.05) is 35.1 Å². The third kappa shape index (κ3) is 5.41. The molecule has 1 aliphatic heterocycles. The van der Waals surface area contributed by atoms with E-state index in [0.29, 0.717) is 48.9 Å². The molecule has 1 amide bonds. The predicted molar refractivity (Wildman–Crippen MR) is 120 cm³/mol. The number of ether oxygens (including phenoxy) is 2. The molecule has 1 aliphatic rings. The molecule has 0 saturated carbocycles. The van der Waals surface area contributed by atoms with E-state index in [1.807, 2.05) is 13.8 Å². The number of carbonyl (C=O) groups excluding carboxylic acids is 1. The van der Waals surface area contributed by atoms with Crippen molar-refractivity contribution in [1.29, 1.82) is 0 Å². The van der Waals surface area contributed by atoms with Crippen LogP contribution in [0.3, 0.4) is 0 Å². The van der Waals surface area contributed by atoms with Crippen LogP contribution < -0.4 is 19.1 Å². The van der Waals surface area contributed by atoms with Gasteiger partial charge in [0.15, 0.2) is 11.5 Å². The number of rotatable bonds is 9. The molecular formula is C22H28N2O6S. The average Bonchev–Trinajstić information content (AvgIpc) is 3.11. The normalized spacial score (nSPS) is 15.0. The first kappa shape index (κ1) is 22.7. The molecule has 0 radical (unpaired) electrons. The first-order valence-electron chi connectivity index (χ1n) is 10.4. The Hall–Kier alpha value is -2.94. The fourth-order valence-corrected chi connectivity index (χ4v) is 4.77. The van der Waals surface area contributed by atoms with E-state index in [9.17, 15) is 18.3 Å². The van der Waals surface area contributed by atoms with Gasteiger partial charge < -0.3 is 19.9 Å². The second-order valence-corrected chi connectivity index (χ2v) is 9.27. The van der Waals surface area contributed by atoms with E-state index in [1.54, 1.807) is 18.2 Å². The van der Waals surface area contributed by atoms with Crippen molar-refractivity contribution in [1.82, 2.24) is 0 Å². The Bertz CT molecular complexity index is 1040. The van der Waals surface area contributed by atoms with E-state index in [2.05, 4.69) is 5.32 Å². The van der Waals surface area contributed by atoms with Gasteiger partial charge in [0.05, 0.1) is 30.3 Å². The van der Waals surface area contributed by atoms with Crippen molar-refractivity contribution in [2.45, 2.75) is 33.1 Å². The molecule has 31 heavy (non-hydrogen) atoms. The minimum atomic E-state index is -3.37. The first-order valence-corrected chi connectivity index (χ1v) is 12.0. The Morgan fingerprint density at radius 3 is 2.42 bits per heavy atom. The Labute approximate surface area is 182 Å². The van der Waals surface area contributed by atoms with Crippen molar-refractivity contribution in [2.24, 2.45) is 0 Å². The molecule has 2 aromatic carbocycles. The molecule has 0 aromatic heterocycles. The van der Waals surface area contributed by atoms with E-state index in [-0.39, 0.29) is 17.2 Å². The van der Waals surface area contributed by atoms with E-state index >= 15 is 0 Å². The lowest BCUT2D eigenvalue weighted by molar-refractivity contribution is 0.102. The highest BCUT2D eigenvalue weighted by Crippen LogP contribution is 2.33. The zero-order chi connectivity index (χ0) is 22.4. The third-order valence-electron chi connectivity index (χ3n) is 4.74. The highest BCUT2D eigenvalue weighted by Gasteiger charge is 2.29. The van der Waals surface area contributed by atoms with Crippen LogP contribution in [0.1, 0.15) is 43.5 Å². The van der Waals surface area contributed by atoms with Crippen LogP contribution in [0.25, 0.3) is 0 Å². The maximum Gasteiger partial charge on any atom is 0.255 e. The second kappa shape index (κ2) is 9.91. The van der Waals surface area contributed by atoms with E-state index < -0.39 is 15.9 Å². The molecule has 0 atom stereocenters. The maximum absolute atomic E-state index is 12.8. The van der Waals surface area contributed by atoms with Gasteiger partial charge in [-0.3, -0.25) is 9.10 Å². The van der Waals surface area contributed by atoms with Gasteiger partial charge in [-0.2, -0.15) is 0 Å². The van der Waals surface area contributed by atoms with Crippen LogP contribution in [-0.4, -0.2) is 44.9 Å². The smallest absolute Gasteiger partial charge is 0.255 e. The lowest BCUT2D eigenvalue weighted by Crippen LogP contribution is -2.25. The standard InChI is InChI=1S/C22H28N2O6S/c1-3-11-29-20-9-6-16(14-21(20)30-12-4-2)22(26)23-18-15-17(7-8-19(18)25)24-10-5-13-31(24,27)28/h6-9,14-15,25H,3-5,10-13H2,1-2H3,(H,23,26). The van der Waals surface area contributed by atoms with Crippen LogP contribution in [0, 0.1) is 0 Å². The molecule has 0 spiro atoms. The van der Waals surface area contributed by atoms with Crippen LogP contribution in [0.2, 0.25) is 0 Å². The van der Waals surface area contributed by atoms with Crippen molar-refractivity contribution in [3.8, 4) is 17.2 Å². The Morgan fingerprint density at radius 1 is 1.06 bits per heavy atom. The summed E-state index contributed by atoms with van der Waals surface area (Å²) in [5, 5.41) is 12.8. The number of nitrogens with one attached hydrogen (secondary N) is 1. The summed E-state index contributed by atoms with van der Waals surface area (Å²) < 4.78 is 37.1. The summed E-state index contributed by atoms with van der Waals surface area (Å²) in [5.41, 5.74) is 0.862. The van der Waals surface area contributed by atoms with E-state index in [4.69, 9.17) is 9.47 Å². The Morgan fingerprint density at radius 2 is 1.77 bits per heavy atom. The summed E-state index contributed by atoms with van der Waals surface area (Å²) in [7, 11) is -3.37. The van der Waals surface area contributed by atoms with Gasteiger partial charge in [0.1, 0.15) is 5.75 Å². The van der Waals surface area contributed by atoms with Gasteiger partial charge in [0, 0.05) is 12.1 Å². The molecule has 1 fully saturated rings. The Kier molecular flexibility index (Phi) is 7.27. The van der Waals surface area contributed by atoms with Crippen molar-refractivity contribution < 1.29 is 27.8 Å². The molecule has 8 nitrogen and oxygen atoms in total. The van der Waals surface area contributed by atoms with Gasteiger partial charge in [-0.15, -0.1) is 0 Å². The molecule has 2 N–H and O–H groups in total. The average molecular weight is 449 g/mol. The number of anilines is 2. The molecule has 0 bridgehead atoms. The van der Waals surface area contributed by atoms with Crippen LogP contribution in [0.15, 0.2) is 36.4 Å². The van der Waals surface area contributed by atoms with Crippen LogP contribution in [0.5, 0.6) is 17.2 Å². The monoisotopic (exact) mass is 448 g/mol. The van der Waals surface area contributed by atoms with Gasteiger partial charge >= 0.3 is 0 Å². The molecule has 168 valence electrons. The molecule has 9 heteroatoms. The van der Waals surface area contributed by atoms with Gasteiger partial charge in [-0.05, 0) is 55.7 Å². The number of carbonyl (C=O) groups is 1. The number of nitrogens with zero attached hydrogens (tertiary/aromatic N) is 1. The largest absolute Gasteiger partial charge is 0.506 e. The summed E-state index contributed by atoms with van der Waals surface area (Å²) in [4.78, 5) is 12.8. The van der Waals surface area contributed by atoms with Crippen LogP contribution >= 0.6 is 0 Å². The minimum Gasteiger partial charge on any atom is -0.506 e. The first-order chi connectivity index (χ1) is 14.9. The van der Waals surface area contributed by atoms with Crippen molar-refractivity contribution >= 4 is 27.3 Å². The Balaban J connectivity index is 1.83. The zero-order valence-corrected chi connectivity index (χ0v) is 18.6. The second-order valence-electron chi connectivity index (χ2n) is 7.26. The maximum atomic E-state index is 12.8. The molecule has 3 rings (SSSR count). The number of phenolic OH excluding ortho intramolecular Hbond substituents is 1. The number of amides is 1. The van der Waals surface area contributed by atoms with Gasteiger partial charge in [-0.1, -0.05) is 13.8 Å². The molecule has 0 aliphatic carbocycles. The lowest BCUT2D eigenvalue weighted by Gasteiger charge is -2.18. The number of aromatic hydroxyl groups is 1. The third-order valence-corrected chi connectivity index (χ3v) is 6.61. The number of hydrogen-bond donors (Lipinski definition) is 2. The molecule has 1 saturated heterocycles. The number of hydrogen-bond acceptors (Lipinski definition) is 6. The topological polar surface area (TPSA) is 105 Å². The summed E-state index contributed by atoms with van der Waals surface area (Å²) in [5.74, 6) is 0.516. The molecule has 1 heterocycles. The fraction of sp³-hybridized carbons (Fsp3) is 0.409. The molecule has 2 aromatic rings.